The number of methoxy groups -OCH3 is 2. The van der Waals surface area contributed by atoms with Crippen LogP contribution in [0.4, 0.5) is 0 Å². The van der Waals surface area contributed by atoms with Crippen molar-refractivity contribution in [2.75, 3.05) is 20.8 Å². The zero-order chi connectivity index (χ0) is 36.3. The van der Waals surface area contributed by atoms with Crippen molar-refractivity contribution in [3.63, 3.8) is 0 Å². The Labute approximate surface area is 299 Å². The van der Waals surface area contributed by atoms with Crippen LogP contribution in [0, 0.1) is 13.8 Å². The molecule has 0 saturated carbocycles. The highest BCUT2D eigenvalue weighted by molar-refractivity contribution is 5.94. The molecule has 0 radical (unpaired) electrons. The van der Waals surface area contributed by atoms with Gasteiger partial charge in [0.2, 0.25) is 5.91 Å². The van der Waals surface area contributed by atoms with Crippen LogP contribution in [0.2, 0.25) is 0 Å². The number of hydrogen-bond donors (Lipinski definition) is 4. The third-order valence-electron chi connectivity index (χ3n) is 8.82. The predicted molar refractivity (Wildman–Crippen MR) is 198 cm³/mol. The number of rotatable bonds is 16. The minimum atomic E-state index is -0.681. The second-order valence-electron chi connectivity index (χ2n) is 12.8. The van der Waals surface area contributed by atoms with Gasteiger partial charge in [-0.25, -0.2) is 4.98 Å². The van der Waals surface area contributed by atoms with E-state index in [1.807, 2.05) is 62.4 Å². The van der Waals surface area contributed by atoms with Crippen molar-refractivity contribution >= 4 is 11.8 Å². The van der Waals surface area contributed by atoms with E-state index in [9.17, 15) is 14.7 Å². The van der Waals surface area contributed by atoms with Crippen LogP contribution >= 0.6 is 0 Å². The van der Waals surface area contributed by atoms with Crippen LogP contribution < -0.4 is 25.4 Å². The summed E-state index contributed by atoms with van der Waals surface area (Å²) in [6.45, 7) is 7.28. The standard InChI is InChI=1S/C41H47N5O5/c1-27(42-26-36(47)35-16-18-39(43-25-35)46-28(2)9-10-29(46)3)19-31-7-6-8-32(20-31)22-40(48)44-23-30-11-14-34(15-12-30)41(49)45-24-33-13-17-37(50-4)38(21-33)51-5/h6-18,20-21,25,27,36,42,47H,19,22-24,26H2,1-5H3,(H,44,48)(H,45,49)/t27?,36-/m1/s1. The summed E-state index contributed by atoms with van der Waals surface area (Å²) in [5.41, 5.74) is 7.35. The molecule has 4 N–H and O–H groups in total. The first-order valence-corrected chi connectivity index (χ1v) is 17.1. The molecular weight excluding hydrogens is 642 g/mol. The van der Waals surface area contributed by atoms with Gasteiger partial charge in [-0.1, -0.05) is 48.5 Å². The average molecular weight is 690 g/mol. The minimum absolute atomic E-state index is 0.0834. The predicted octanol–water partition coefficient (Wildman–Crippen LogP) is 5.55. The Balaban J connectivity index is 1.04. The summed E-state index contributed by atoms with van der Waals surface area (Å²) in [6.07, 6.45) is 2.06. The molecule has 0 bridgehead atoms. The lowest BCUT2D eigenvalue weighted by Gasteiger charge is -2.18. The molecule has 2 atom stereocenters. The Bertz CT molecular complexity index is 1900. The molecule has 3 aromatic carbocycles. The molecule has 2 heterocycles. The lowest BCUT2D eigenvalue weighted by atomic mass is 10.0. The van der Waals surface area contributed by atoms with Crippen molar-refractivity contribution in [2.24, 2.45) is 0 Å². The summed E-state index contributed by atoms with van der Waals surface area (Å²) < 4.78 is 12.7. The van der Waals surface area contributed by atoms with Gasteiger partial charge in [-0.15, -0.1) is 0 Å². The lowest BCUT2D eigenvalue weighted by Crippen LogP contribution is -2.32. The fraction of sp³-hybridized carbons (Fsp3) is 0.293. The Morgan fingerprint density at radius 2 is 1.47 bits per heavy atom. The smallest absolute Gasteiger partial charge is 0.251 e. The minimum Gasteiger partial charge on any atom is -0.493 e. The SMILES string of the molecule is COc1ccc(CNC(=O)c2ccc(CNC(=O)Cc3cccc(CC(C)NC[C@@H](O)c4ccc(-n5c(C)ccc5C)nc4)c3)cc2)cc1OC. The number of aliphatic hydroxyl groups is 1. The normalized spacial score (nSPS) is 12.2. The van der Waals surface area contributed by atoms with E-state index in [2.05, 4.69) is 56.7 Å². The number of aromatic nitrogens is 2. The van der Waals surface area contributed by atoms with Gasteiger partial charge in [-0.05, 0) is 91.9 Å². The first-order chi connectivity index (χ1) is 24.6. The quantitative estimate of drug-likeness (QED) is 0.107. The summed E-state index contributed by atoms with van der Waals surface area (Å²) in [7, 11) is 3.15. The molecule has 10 nitrogen and oxygen atoms in total. The molecule has 0 spiro atoms. The third kappa shape index (κ3) is 10.1. The van der Waals surface area contributed by atoms with Crippen LogP contribution in [-0.4, -0.2) is 53.3 Å². The highest BCUT2D eigenvalue weighted by atomic mass is 16.5. The summed E-state index contributed by atoms with van der Waals surface area (Å²) in [5, 5.41) is 20.1. The molecule has 0 saturated heterocycles. The Morgan fingerprint density at radius 1 is 0.784 bits per heavy atom. The van der Waals surface area contributed by atoms with Crippen molar-refractivity contribution in [3.05, 3.63) is 142 Å². The van der Waals surface area contributed by atoms with Crippen molar-refractivity contribution in [2.45, 2.75) is 58.8 Å². The van der Waals surface area contributed by atoms with Crippen LogP contribution in [0.15, 0.2) is 97.2 Å². The first-order valence-electron chi connectivity index (χ1n) is 17.1. The number of carbonyl (C=O) groups excluding carboxylic acids is 2. The second kappa shape index (κ2) is 17.5. The van der Waals surface area contributed by atoms with E-state index >= 15 is 0 Å². The first kappa shape index (κ1) is 36.8. The zero-order valence-corrected chi connectivity index (χ0v) is 29.9. The number of benzene rings is 3. The maximum absolute atomic E-state index is 12.8. The number of carbonyl (C=O) groups is 2. The number of nitrogens with one attached hydrogen (secondary N) is 3. The summed E-state index contributed by atoms with van der Waals surface area (Å²) in [5.74, 6) is 1.79. The Hall–Kier alpha value is -5.45. The molecule has 2 aromatic heterocycles. The molecule has 0 fully saturated rings. The van der Waals surface area contributed by atoms with E-state index in [0.717, 1.165) is 51.4 Å². The monoisotopic (exact) mass is 689 g/mol. The van der Waals surface area contributed by atoms with E-state index in [4.69, 9.17) is 9.47 Å². The molecule has 0 aliphatic rings. The van der Waals surface area contributed by atoms with E-state index in [1.165, 1.54) is 0 Å². The largest absolute Gasteiger partial charge is 0.493 e. The molecular formula is C41H47N5O5. The topological polar surface area (TPSA) is 127 Å². The summed E-state index contributed by atoms with van der Waals surface area (Å²) in [4.78, 5) is 30.1. The van der Waals surface area contributed by atoms with Crippen LogP contribution in [0.5, 0.6) is 11.5 Å². The summed E-state index contributed by atoms with van der Waals surface area (Å²) >= 11 is 0. The third-order valence-corrected chi connectivity index (χ3v) is 8.82. The Kier molecular flexibility index (Phi) is 12.6. The van der Waals surface area contributed by atoms with Crippen LogP contribution in [0.1, 0.15) is 62.6 Å². The van der Waals surface area contributed by atoms with Gasteiger partial charge in [0.05, 0.1) is 26.7 Å². The number of aliphatic hydroxyl groups excluding tert-OH is 1. The maximum Gasteiger partial charge on any atom is 0.251 e. The zero-order valence-electron chi connectivity index (χ0n) is 29.9. The van der Waals surface area contributed by atoms with Crippen LogP contribution in [0.3, 0.4) is 0 Å². The molecule has 0 aliphatic heterocycles. The molecule has 51 heavy (non-hydrogen) atoms. The lowest BCUT2D eigenvalue weighted by molar-refractivity contribution is -0.120. The van der Waals surface area contributed by atoms with Gasteiger partial charge < -0.3 is 35.1 Å². The van der Waals surface area contributed by atoms with E-state index in [1.54, 1.807) is 38.6 Å². The molecule has 266 valence electrons. The van der Waals surface area contributed by atoms with Gasteiger partial charge in [0, 0.05) is 54.4 Å². The number of aryl methyl sites for hydroxylation is 2. The molecule has 5 aromatic rings. The van der Waals surface area contributed by atoms with Gasteiger partial charge >= 0.3 is 0 Å². The molecule has 0 aliphatic carbocycles. The maximum atomic E-state index is 12.8. The van der Waals surface area contributed by atoms with Crippen molar-refractivity contribution in [3.8, 4) is 17.3 Å². The van der Waals surface area contributed by atoms with Crippen molar-refractivity contribution < 1.29 is 24.2 Å². The Morgan fingerprint density at radius 3 is 2.16 bits per heavy atom. The van der Waals surface area contributed by atoms with Gasteiger partial charge in [0.1, 0.15) is 5.82 Å². The average Bonchev–Trinajstić information content (AvgIpc) is 3.49. The summed E-state index contributed by atoms with van der Waals surface area (Å²) in [6, 6.07) is 28.8. The van der Waals surface area contributed by atoms with Crippen LogP contribution in [0.25, 0.3) is 5.82 Å². The second-order valence-corrected chi connectivity index (χ2v) is 12.8. The van der Waals surface area contributed by atoms with Gasteiger partial charge in [-0.3, -0.25) is 9.59 Å². The molecule has 1 unspecified atom stereocenters. The van der Waals surface area contributed by atoms with Gasteiger partial charge in [-0.2, -0.15) is 0 Å². The molecule has 2 amide bonds. The molecule has 10 heteroatoms. The van der Waals surface area contributed by atoms with Gasteiger partial charge in [0.15, 0.2) is 11.5 Å². The van der Waals surface area contributed by atoms with E-state index in [0.29, 0.717) is 36.7 Å². The fourth-order valence-electron chi connectivity index (χ4n) is 5.98. The van der Waals surface area contributed by atoms with Gasteiger partial charge in [0.25, 0.3) is 5.91 Å². The highest BCUT2D eigenvalue weighted by Crippen LogP contribution is 2.27. The van der Waals surface area contributed by atoms with E-state index in [-0.39, 0.29) is 24.3 Å². The number of pyridine rings is 1. The van der Waals surface area contributed by atoms with Crippen molar-refractivity contribution in [1.29, 1.82) is 0 Å². The number of hydrogen-bond acceptors (Lipinski definition) is 7. The highest BCUT2D eigenvalue weighted by Gasteiger charge is 2.14. The van der Waals surface area contributed by atoms with Crippen LogP contribution in [-0.2, 0) is 30.7 Å². The number of amides is 2. The number of ether oxygens (including phenoxy) is 2. The fourth-order valence-corrected chi connectivity index (χ4v) is 5.98. The van der Waals surface area contributed by atoms with E-state index < -0.39 is 6.10 Å². The number of nitrogens with zero attached hydrogens (tertiary/aromatic N) is 2. The van der Waals surface area contributed by atoms with Crippen molar-refractivity contribution in [1.82, 2.24) is 25.5 Å². The molecule has 5 rings (SSSR count).